The first-order valence-corrected chi connectivity index (χ1v) is 10.8. The van der Waals surface area contributed by atoms with Crippen LogP contribution in [0.3, 0.4) is 0 Å². The van der Waals surface area contributed by atoms with E-state index in [9.17, 15) is 23.9 Å². The van der Waals surface area contributed by atoms with Crippen LogP contribution >= 0.6 is 0 Å². The van der Waals surface area contributed by atoms with E-state index in [0.717, 1.165) is 11.1 Å². The van der Waals surface area contributed by atoms with Crippen LogP contribution in [0.25, 0.3) is 5.65 Å². The van der Waals surface area contributed by atoms with E-state index in [2.05, 4.69) is 20.7 Å². The predicted molar refractivity (Wildman–Crippen MR) is 121 cm³/mol. The second kappa shape index (κ2) is 9.42. The standard InChI is InChI=1S/C24H24FN5O4/c1-24(23(33)34)9-6-16(7-10-24)14-27-22(32)19-12-18(29-20-8-11-28-30(19)20)21(31)26-13-15-2-4-17(25)5-3-15/h2-6,8,11-12H,7,9-10,13-14H2,1H3,(H,26,31)(H,27,32)(H,33,34). The Kier molecular flexibility index (Phi) is 6.40. The molecule has 1 aliphatic carbocycles. The van der Waals surface area contributed by atoms with Crippen molar-refractivity contribution >= 4 is 23.4 Å². The molecule has 0 saturated carbocycles. The van der Waals surface area contributed by atoms with Gasteiger partial charge in [0.1, 0.15) is 17.2 Å². The second-order valence-electron chi connectivity index (χ2n) is 8.55. The van der Waals surface area contributed by atoms with E-state index >= 15 is 0 Å². The lowest BCUT2D eigenvalue weighted by atomic mass is 9.76. The molecule has 0 aliphatic heterocycles. The van der Waals surface area contributed by atoms with Gasteiger partial charge in [0.05, 0.1) is 11.6 Å². The summed E-state index contributed by atoms with van der Waals surface area (Å²) in [4.78, 5) is 41.3. The summed E-state index contributed by atoms with van der Waals surface area (Å²) < 4.78 is 14.4. The van der Waals surface area contributed by atoms with Crippen molar-refractivity contribution in [2.24, 2.45) is 5.41 Å². The summed E-state index contributed by atoms with van der Waals surface area (Å²) in [5, 5.41) is 19.0. The van der Waals surface area contributed by atoms with Crippen LogP contribution in [0, 0.1) is 11.2 Å². The fourth-order valence-electron chi connectivity index (χ4n) is 3.72. The molecule has 3 aromatic rings. The molecule has 176 valence electrons. The fourth-order valence-corrected chi connectivity index (χ4v) is 3.72. The third-order valence-electron chi connectivity index (χ3n) is 6.02. The zero-order valence-corrected chi connectivity index (χ0v) is 18.5. The van der Waals surface area contributed by atoms with Crippen molar-refractivity contribution in [3.63, 3.8) is 0 Å². The molecule has 0 bridgehead atoms. The Labute approximate surface area is 194 Å². The molecule has 0 saturated heterocycles. The summed E-state index contributed by atoms with van der Waals surface area (Å²) in [5.41, 5.74) is 1.43. The van der Waals surface area contributed by atoms with Gasteiger partial charge < -0.3 is 15.7 Å². The van der Waals surface area contributed by atoms with Gasteiger partial charge in [-0.2, -0.15) is 5.10 Å². The number of aromatic nitrogens is 3. The van der Waals surface area contributed by atoms with Crippen LogP contribution in [0.15, 0.2) is 54.2 Å². The normalized spacial score (nSPS) is 17.8. The van der Waals surface area contributed by atoms with E-state index in [4.69, 9.17) is 0 Å². The minimum Gasteiger partial charge on any atom is -0.481 e. The van der Waals surface area contributed by atoms with Gasteiger partial charge in [0.2, 0.25) is 0 Å². The molecule has 1 unspecified atom stereocenters. The number of hydrogen-bond donors (Lipinski definition) is 3. The van der Waals surface area contributed by atoms with Crippen molar-refractivity contribution in [1.82, 2.24) is 25.2 Å². The van der Waals surface area contributed by atoms with E-state index in [1.807, 2.05) is 6.08 Å². The Bertz CT molecular complexity index is 1280. The Morgan fingerprint density at radius 3 is 2.53 bits per heavy atom. The molecular formula is C24H24FN5O4. The van der Waals surface area contributed by atoms with Crippen LogP contribution in [0.1, 0.15) is 52.7 Å². The molecule has 2 aromatic heterocycles. The van der Waals surface area contributed by atoms with Crippen LogP contribution in [-0.4, -0.2) is 44.0 Å². The number of hydrogen-bond acceptors (Lipinski definition) is 5. The number of rotatable bonds is 7. The topological polar surface area (TPSA) is 126 Å². The number of fused-ring (bicyclic) bond motifs is 1. The number of halogens is 1. The molecule has 4 rings (SSSR count). The van der Waals surface area contributed by atoms with E-state index in [-0.39, 0.29) is 30.3 Å². The molecule has 3 N–H and O–H groups in total. The maximum atomic E-state index is 13.1. The van der Waals surface area contributed by atoms with Crippen molar-refractivity contribution in [2.75, 3.05) is 6.54 Å². The van der Waals surface area contributed by atoms with Crippen LogP contribution in [0.2, 0.25) is 0 Å². The highest BCUT2D eigenvalue weighted by molar-refractivity contribution is 5.98. The van der Waals surface area contributed by atoms with Gasteiger partial charge in [-0.15, -0.1) is 0 Å². The smallest absolute Gasteiger partial charge is 0.309 e. The monoisotopic (exact) mass is 465 g/mol. The summed E-state index contributed by atoms with van der Waals surface area (Å²) >= 11 is 0. The Hall–Kier alpha value is -4.08. The van der Waals surface area contributed by atoms with Gasteiger partial charge in [0.25, 0.3) is 11.8 Å². The number of carbonyl (C=O) groups excluding carboxylic acids is 2. The van der Waals surface area contributed by atoms with Crippen molar-refractivity contribution in [1.29, 1.82) is 0 Å². The van der Waals surface area contributed by atoms with Crippen molar-refractivity contribution in [3.8, 4) is 0 Å². The van der Waals surface area contributed by atoms with Gasteiger partial charge in [-0.05, 0) is 43.9 Å². The summed E-state index contributed by atoms with van der Waals surface area (Å²) in [7, 11) is 0. The van der Waals surface area contributed by atoms with E-state index in [1.54, 1.807) is 25.1 Å². The minimum atomic E-state index is -0.824. The number of nitrogens with one attached hydrogen (secondary N) is 2. The predicted octanol–water partition coefficient (Wildman–Crippen LogP) is 2.73. The molecule has 0 radical (unpaired) electrons. The largest absolute Gasteiger partial charge is 0.481 e. The van der Waals surface area contributed by atoms with Crippen LogP contribution in [-0.2, 0) is 11.3 Å². The Morgan fingerprint density at radius 2 is 1.85 bits per heavy atom. The lowest BCUT2D eigenvalue weighted by Gasteiger charge is -2.28. The van der Waals surface area contributed by atoms with Gasteiger partial charge >= 0.3 is 5.97 Å². The third kappa shape index (κ3) is 4.95. The highest BCUT2D eigenvalue weighted by Gasteiger charge is 2.34. The van der Waals surface area contributed by atoms with E-state index < -0.39 is 23.2 Å². The first kappa shape index (κ1) is 23.1. The summed E-state index contributed by atoms with van der Waals surface area (Å²) in [6, 6.07) is 8.72. The molecule has 0 fully saturated rings. The van der Waals surface area contributed by atoms with Gasteiger partial charge in [0, 0.05) is 25.2 Å². The molecular weight excluding hydrogens is 441 g/mol. The highest BCUT2D eigenvalue weighted by Crippen LogP contribution is 2.34. The van der Waals surface area contributed by atoms with Crippen LogP contribution < -0.4 is 10.6 Å². The zero-order valence-electron chi connectivity index (χ0n) is 18.5. The zero-order chi connectivity index (χ0) is 24.3. The molecule has 1 aromatic carbocycles. The van der Waals surface area contributed by atoms with Gasteiger partial charge in [-0.25, -0.2) is 13.9 Å². The third-order valence-corrected chi connectivity index (χ3v) is 6.02. The molecule has 34 heavy (non-hydrogen) atoms. The van der Waals surface area contributed by atoms with Crippen molar-refractivity contribution in [3.05, 3.63) is 77.0 Å². The lowest BCUT2D eigenvalue weighted by molar-refractivity contribution is -0.148. The van der Waals surface area contributed by atoms with Crippen LogP contribution in [0.5, 0.6) is 0 Å². The molecule has 9 nitrogen and oxygen atoms in total. The summed E-state index contributed by atoms with van der Waals surface area (Å²) in [6.07, 6.45) is 4.83. The number of allylic oxidation sites excluding steroid dienone is 1. The number of carbonyl (C=O) groups is 3. The number of benzene rings is 1. The molecule has 1 aliphatic rings. The minimum absolute atomic E-state index is 0.0503. The molecule has 2 amide bonds. The molecule has 1 atom stereocenters. The van der Waals surface area contributed by atoms with E-state index in [0.29, 0.717) is 24.9 Å². The molecule has 0 spiro atoms. The van der Waals surface area contributed by atoms with Crippen LogP contribution in [0.4, 0.5) is 4.39 Å². The Morgan fingerprint density at radius 1 is 1.12 bits per heavy atom. The average molecular weight is 465 g/mol. The maximum absolute atomic E-state index is 13.1. The number of nitrogens with zero attached hydrogens (tertiary/aromatic N) is 3. The Balaban J connectivity index is 1.45. The number of carboxylic acid groups (broad SMARTS) is 1. The summed E-state index contributed by atoms with van der Waals surface area (Å²) in [5.74, 6) is -2.10. The summed E-state index contributed by atoms with van der Waals surface area (Å²) in [6.45, 7) is 2.16. The van der Waals surface area contributed by atoms with Gasteiger partial charge in [-0.1, -0.05) is 23.8 Å². The number of amides is 2. The highest BCUT2D eigenvalue weighted by atomic mass is 19.1. The van der Waals surface area contributed by atoms with Gasteiger partial charge in [0.15, 0.2) is 5.65 Å². The molecule has 2 heterocycles. The average Bonchev–Trinajstić information content (AvgIpc) is 3.31. The van der Waals surface area contributed by atoms with Crippen molar-refractivity contribution in [2.45, 2.75) is 32.7 Å². The maximum Gasteiger partial charge on any atom is 0.309 e. The SMILES string of the molecule is CC1(C(=O)O)CC=C(CNC(=O)c2cc(C(=O)NCc3ccc(F)cc3)nc3ccnn23)CC1. The molecule has 10 heteroatoms. The number of aliphatic carboxylic acids is 1. The van der Waals surface area contributed by atoms with E-state index in [1.165, 1.54) is 28.9 Å². The fraction of sp³-hybridized carbons (Fsp3) is 0.292. The van der Waals surface area contributed by atoms with Crippen molar-refractivity contribution < 1.29 is 23.9 Å². The van der Waals surface area contributed by atoms with Gasteiger partial charge in [-0.3, -0.25) is 14.4 Å². The first-order valence-electron chi connectivity index (χ1n) is 10.8. The lowest BCUT2D eigenvalue weighted by Crippen LogP contribution is -2.33. The quantitative estimate of drug-likeness (QED) is 0.461. The number of carboxylic acids is 1. The first-order chi connectivity index (χ1) is 16.2. The second-order valence-corrected chi connectivity index (χ2v) is 8.55.